The van der Waals surface area contributed by atoms with Gasteiger partial charge < -0.3 is 5.21 Å². The van der Waals surface area contributed by atoms with Gasteiger partial charge in [-0.05, 0) is 0 Å². The van der Waals surface area contributed by atoms with Gasteiger partial charge >= 0.3 is 10.2 Å². The Balaban J connectivity index is 3.02. The van der Waals surface area contributed by atoms with Gasteiger partial charge in [0.2, 0.25) is 11.8 Å². The van der Waals surface area contributed by atoms with Gasteiger partial charge in [0.15, 0.2) is 0 Å². The molecule has 0 aromatic rings. The summed E-state index contributed by atoms with van der Waals surface area (Å²) in [7, 11) is -4.36. The van der Waals surface area contributed by atoms with Crippen LogP contribution in [0, 0.1) is 0 Å². The number of rotatable bonds is 2. The zero-order chi connectivity index (χ0) is 9.35. The summed E-state index contributed by atoms with van der Waals surface area (Å²) < 4.78 is 21.5. The molecule has 0 atom stereocenters. The molecule has 0 bridgehead atoms. The maximum absolute atomic E-state index is 10.8. The van der Waals surface area contributed by atoms with Gasteiger partial charge in [-0.25, -0.2) is 0 Å². The van der Waals surface area contributed by atoms with Gasteiger partial charge in [0.05, 0.1) is 0 Å². The summed E-state index contributed by atoms with van der Waals surface area (Å²) in [4.78, 5) is 22.4. The molecule has 12 heavy (non-hydrogen) atoms. The highest BCUT2D eigenvalue weighted by atomic mass is 32.2. The average molecular weight is 194 g/mol. The predicted molar refractivity (Wildman–Crippen MR) is 34.9 cm³/mol. The first-order valence-corrected chi connectivity index (χ1v) is 4.45. The van der Waals surface area contributed by atoms with Crippen molar-refractivity contribution in [3.8, 4) is 0 Å². The normalized spacial score (nSPS) is 18.9. The van der Waals surface area contributed by atoms with E-state index in [0.29, 0.717) is 0 Å². The molecule has 1 heterocycles. The Kier molecular flexibility index (Phi) is 2.13. The smallest absolute Gasteiger partial charge is 0.301 e. The minimum Gasteiger partial charge on any atom is -0.301 e. The highest BCUT2D eigenvalue weighted by Crippen LogP contribution is 2.14. The molecule has 0 aromatic carbocycles. The second-order valence-corrected chi connectivity index (χ2v) is 3.65. The molecule has 68 valence electrons. The van der Waals surface area contributed by atoms with Crippen LogP contribution in [0.15, 0.2) is 0 Å². The molecular formula is C4H6N2O5S. The van der Waals surface area contributed by atoms with Gasteiger partial charge in [0.25, 0.3) is 0 Å². The van der Waals surface area contributed by atoms with Crippen molar-refractivity contribution in [1.29, 1.82) is 0 Å². The van der Waals surface area contributed by atoms with Crippen LogP contribution in [0.1, 0.15) is 12.8 Å². The van der Waals surface area contributed by atoms with Crippen LogP contribution in [0.2, 0.25) is 0 Å². The Morgan fingerprint density at radius 2 is 1.67 bits per heavy atom. The fourth-order valence-electron chi connectivity index (χ4n) is 0.865. The van der Waals surface area contributed by atoms with Crippen molar-refractivity contribution in [2.75, 3.05) is 0 Å². The third-order valence-electron chi connectivity index (χ3n) is 1.36. The number of carbonyl (C=O) groups is 2. The number of amides is 2. The van der Waals surface area contributed by atoms with Crippen LogP contribution in [0.3, 0.4) is 0 Å². The van der Waals surface area contributed by atoms with E-state index in [1.807, 2.05) is 0 Å². The molecule has 0 spiro atoms. The van der Waals surface area contributed by atoms with Crippen molar-refractivity contribution in [2.24, 2.45) is 0 Å². The number of hydrogen-bond donors (Lipinski definition) is 2. The van der Waals surface area contributed by atoms with Gasteiger partial charge in [-0.3, -0.25) is 9.59 Å². The first-order chi connectivity index (χ1) is 5.49. The van der Waals surface area contributed by atoms with E-state index < -0.39 is 22.0 Å². The number of carbonyl (C=O) groups excluding carboxylic acids is 2. The first kappa shape index (κ1) is 9.10. The zero-order valence-corrected chi connectivity index (χ0v) is 6.67. The molecule has 1 saturated heterocycles. The summed E-state index contributed by atoms with van der Waals surface area (Å²) in [5.41, 5.74) is 0. The number of hydrogen-bond acceptors (Lipinski definition) is 5. The molecule has 0 unspecified atom stereocenters. The topological polar surface area (TPSA) is 104 Å². The largest absolute Gasteiger partial charge is 0.332 e. The van der Waals surface area contributed by atoms with Gasteiger partial charge in [-0.2, -0.15) is 12.7 Å². The quantitative estimate of drug-likeness (QED) is 0.405. The first-order valence-electron chi connectivity index (χ1n) is 3.01. The summed E-state index contributed by atoms with van der Waals surface area (Å²) in [6, 6.07) is 0. The van der Waals surface area contributed by atoms with Gasteiger partial charge in [-0.15, -0.1) is 0 Å². The standard InChI is InChI=1S/C4H6N2O5S/c7-3-1-2-4(8)6(3)12(10,11)5-9/h5,9H,1-2H2. The van der Waals surface area contributed by atoms with E-state index in [0.717, 1.165) is 4.89 Å². The summed E-state index contributed by atoms with van der Waals surface area (Å²) in [6.07, 6.45) is -0.278. The molecule has 1 fully saturated rings. The minimum absolute atomic E-state index is 0.0208. The molecule has 0 aromatic heterocycles. The molecule has 0 radical (unpaired) electrons. The van der Waals surface area contributed by atoms with E-state index in [2.05, 4.69) is 0 Å². The fraction of sp³-hybridized carbons (Fsp3) is 0.500. The lowest BCUT2D eigenvalue weighted by Gasteiger charge is -2.10. The van der Waals surface area contributed by atoms with E-state index in [9.17, 15) is 18.0 Å². The fourth-order valence-corrected chi connectivity index (χ4v) is 1.67. The summed E-state index contributed by atoms with van der Waals surface area (Å²) >= 11 is 0. The third kappa shape index (κ3) is 1.31. The molecule has 2 amide bonds. The van der Waals surface area contributed by atoms with Crippen molar-refractivity contribution >= 4 is 22.0 Å². The van der Waals surface area contributed by atoms with Gasteiger partial charge in [0.1, 0.15) is 0 Å². The number of nitrogens with one attached hydrogen (secondary N) is 1. The van der Waals surface area contributed by atoms with Crippen molar-refractivity contribution in [3.63, 3.8) is 0 Å². The summed E-state index contributed by atoms with van der Waals surface area (Å²) in [5.74, 6) is -1.66. The van der Waals surface area contributed by atoms with Crippen molar-refractivity contribution in [2.45, 2.75) is 12.8 Å². The van der Waals surface area contributed by atoms with E-state index in [-0.39, 0.29) is 17.1 Å². The molecule has 2 N–H and O–H groups in total. The van der Waals surface area contributed by atoms with Crippen LogP contribution in [0.25, 0.3) is 0 Å². The maximum Gasteiger partial charge on any atom is 0.332 e. The Labute approximate surface area is 68.1 Å². The molecule has 1 aliphatic heterocycles. The molecule has 0 aliphatic carbocycles. The zero-order valence-electron chi connectivity index (χ0n) is 5.85. The third-order valence-corrected chi connectivity index (χ3v) is 2.48. The monoisotopic (exact) mass is 194 g/mol. The molecular weight excluding hydrogens is 188 g/mol. The van der Waals surface area contributed by atoms with E-state index in [1.165, 1.54) is 0 Å². The highest BCUT2D eigenvalue weighted by molar-refractivity contribution is 7.88. The lowest BCUT2D eigenvalue weighted by molar-refractivity contribution is -0.132. The van der Waals surface area contributed by atoms with Gasteiger partial charge in [0, 0.05) is 12.8 Å². The number of nitrogens with zero attached hydrogens (tertiary/aromatic N) is 1. The van der Waals surface area contributed by atoms with Crippen molar-refractivity contribution < 1.29 is 23.2 Å². The van der Waals surface area contributed by atoms with Crippen LogP contribution in [0.4, 0.5) is 0 Å². The summed E-state index contributed by atoms with van der Waals surface area (Å²) in [5, 5.41) is 8.11. The molecule has 8 heteroatoms. The molecule has 1 rings (SSSR count). The van der Waals surface area contributed by atoms with Crippen molar-refractivity contribution in [3.05, 3.63) is 0 Å². The Bertz CT molecular complexity index is 304. The van der Waals surface area contributed by atoms with E-state index in [4.69, 9.17) is 5.21 Å². The van der Waals surface area contributed by atoms with Crippen LogP contribution in [-0.2, 0) is 19.8 Å². The lowest BCUT2D eigenvalue weighted by atomic mass is 10.4. The van der Waals surface area contributed by atoms with Crippen molar-refractivity contribution in [1.82, 2.24) is 9.19 Å². The van der Waals surface area contributed by atoms with E-state index in [1.54, 1.807) is 0 Å². The SMILES string of the molecule is O=C1CCC(=O)N1S(=O)(=O)NO. The molecule has 1 aliphatic rings. The maximum atomic E-state index is 10.8. The second-order valence-electron chi connectivity index (χ2n) is 2.15. The Morgan fingerprint density at radius 1 is 1.25 bits per heavy atom. The van der Waals surface area contributed by atoms with Crippen LogP contribution >= 0.6 is 0 Å². The lowest BCUT2D eigenvalue weighted by Crippen LogP contribution is -2.42. The summed E-state index contributed by atoms with van der Waals surface area (Å²) in [6.45, 7) is 0. The van der Waals surface area contributed by atoms with Crippen LogP contribution < -0.4 is 4.89 Å². The number of imide groups is 1. The van der Waals surface area contributed by atoms with E-state index >= 15 is 0 Å². The average Bonchev–Trinajstić information content (AvgIpc) is 2.31. The Hall–Kier alpha value is -0.990. The second kappa shape index (κ2) is 2.81. The van der Waals surface area contributed by atoms with Gasteiger partial charge in [-0.1, -0.05) is 4.89 Å². The molecule has 0 saturated carbocycles. The predicted octanol–water partition coefficient (Wildman–Crippen LogP) is -1.64. The highest BCUT2D eigenvalue weighted by Gasteiger charge is 2.38. The Morgan fingerprint density at radius 3 is 2.00 bits per heavy atom. The molecule has 7 nitrogen and oxygen atoms in total. The minimum atomic E-state index is -4.36. The van der Waals surface area contributed by atoms with Crippen LogP contribution in [-0.4, -0.2) is 29.7 Å². The van der Waals surface area contributed by atoms with Crippen LogP contribution in [0.5, 0.6) is 0 Å².